The van der Waals surface area contributed by atoms with Gasteiger partial charge in [-0.05, 0) is 12.8 Å². The van der Waals surface area contributed by atoms with Crippen molar-refractivity contribution in [2.45, 2.75) is 43.9 Å². The standard InChI is InChI=1S/C11H17F3N2OS/c12-11(13,14)7-3-1-2-4-8(7)16-10(17)9-5-18-6-15-9/h7-9,15H,1-6H2,(H,16,17). The fourth-order valence-electron chi connectivity index (χ4n) is 2.54. The van der Waals surface area contributed by atoms with Gasteiger partial charge in [0.1, 0.15) is 0 Å². The fraction of sp³-hybridized carbons (Fsp3) is 0.909. The Hall–Kier alpha value is -0.430. The smallest absolute Gasteiger partial charge is 0.351 e. The zero-order valence-corrected chi connectivity index (χ0v) is 10.7. The van der Waals surface area contributed by atoms with E-state index in [0.29, 0.717) is 24.5 Å². The van der Waals surface area contributed by atoms with E-state index in [1.807, 2.05) is 0 Å². The van der Waals surface area contributed by atoms with Gasteiger partial charge in [0.15, 0.2) is 0 Å². The molecule has 1 aliphatic heterocycles. The third-order valence-corrected chi connectivity index (χ3v) is 4.49. The lowest BCUT2D eigenvalue weighted by atomic mass is 9.84. The van der Waals surface area contributed by atoms with Crippen LogP contribution in [-0.4, -0.2) is 35.8 Å². The van der Waals surface area contributed by atoms with Crippen LogP contribution in [0.1, 0.15) is 25.7 Å². The Bertz CT molecular complexity index is 305. The van der Waals surface area contributed by atoms with E-state index in [1.54, 1.807) is 11.8 Å². The summed E-state index contributed by atoms with van der Waals surface area (Å²) in [4.78, 5) is 11.8. The van der Waals surface area contributed by atoms with E-state index in [2.05, 4.69) is 10.6 Å². The van der Waals surface area contributed by atoms with E-state index in [9.17, 15) is 18.0 Å². The molecule has 0 aromatic rings. The zero-order chi connectivity index (χ0) is 13.2. The molecule has 0 aromatic carbocycles. The summed E-state index contributed by atoms with van der Waals surface area (Å²) in [6, 6.07) is -1.09. The first-order chi connectivity index (χ1) is 8.48. The third-order valence-electron chi connectivity index (χ3n) is 3.55. The molecule has 0 aromatic heterocycles. The molecular formula is C11H17F3N2OS. The van der Waals surface area contributed by atoms with Crippen LogP contribution in [0.15, 0.2) is 0 Å². The van der Waals surface area contributed by atoms with Crippen LogP contribution in [0.5, 0.6) is 0 Å². The molecule has 0 bridgehead atoms. The van der Waals surface area contributed by atoms with Crippen molar-refractivity contribution >= 4 is 17.7 Å². The summed E-state index contributed by atoms with van der Waals surface area (Å²) in [5.74, 6) is -0.355. The Labute approximate surface area is 108 Å². The average molecular weight is 282 g/mol. The summed E-state index contributed by atoms with van der Waals surface area (Å²) < 4.78 is 38.5. The normalized spacial score (nSPS) is 33.4. The maximum Gasteiger partial charge on any atom is 0.393 e. The van der Waals surface area contributed by atoms with Gasteiger partial charge in [0.05, 0.1) is 12.0 Å². The van der Waals surface area contributed by atoms with Crippen molar-refractivity contribution in [2.75, 3.05) is 11.6 Å². The Morgan fingerprint density at radius 1 is 1.28 bits per heavy atom. The van der Waals surface area contributed by atoms with Gasteiger partial charge in [0.2, 0.25) is 5.91 Å². The van der Waals surface area contributed by atoms with Crippen molar-refractivity contribution in [3.63, 3.8) is 0 Å². The summed E-state index contributed by atoms with van der Waals surface area (Å²) >= 11 is 1.58. The first-order valence-corrected chi connectivity index (χ1v) is 7.32. The van der Waals surface area contributed by atoms with E-state index < -0.39 is 18.1 Å². The number of carbonyl (C=O) groups excluding carboxylic acids is 1. The average Bonchev–Trinajstić information content (AvgIpc) is 2.81. The van der Waals surface area contributed by atoms with Crippen molar-refractivity contribution in [1.82, 2.24) is 10.6 Å². The highest BCUT2D eigenvalue weighted by molar-refractivity contribution is 7.99. The van der Waals surface area contributed by atoms with E-state index in [-0.39, 0.29) is 18.4 Å². The molecule has 0 radical (unpaired) electrons. The van der Waals surface area contributed by atoms with Gasteiger partial charge in [0, 0.05) is 17.7 Å². The molecule has 2 aliphatic rings. The van der Waals surface area contributed by atoms with Crippen LogP contribution in [0.3, 0.4) is 0 Å². The number of thioether (sulfide) groups is 1. The van der Waals surface area contributed by atoms with Crippen molar-refractivity contribution in [2.24, 2.45) is 5.92 Å². The number of halogens is 3. The molecule has 1 aliphatic carbocycles. The Kier molecular flexibility index (Phi) is 4.42. The predicted molar refractivity (Wildman–Crippen MR) is 64.2 cm³/mol. The molecule has 2 fully saturated rings. The molecule has 7 heteroatoms. The first kappa shape index (κ1) is 14.0. The van der Waals surface area contributed by atoms with E-state index >= 15 is 0 Å². The fourth-order valence-corrected chi connectivity index (χ4v) is 3.48. The lowest BCUT2D eigenvalue weighted by molar-refractivity contribution is -0.189. The SMILES string of the molecule is O=C(NC1CCCCC1C(F)(F)F)C1CSCN1. The van der Waals surface area contributed by atoms with Gasteiger partial charge in [-0.1, -0.05) is 12.8 Å². The van der Waals surface area contributed by atoms with Gasteiger partial charge in [0.25, 0.3) is 0 Å². The molecule has 2 rings (SSSR count). The summed E-state index contributed by atoms with van der Waals surface area (Å²) in [7, 11) is 0. The molecule has 3 unspecified atom stereocenters. The molecule has 3 atom stereocenters. The minimum Gasteiger partial charge on any atom is -0.351 e. The lowest BCUT2D eigenvalue weighted by Crippen LogP contribution is -2.52. The summed E-state index contributed by atoms with van der Waals surface area (Å²) in [6.07, 6.45) is -2.31. The monoisotopic (exact) mass is 282 g/mol. The van der Waals surface area contributed by atoms with Crippen molar-refractivity contribution < 1.29 is 18.0 Å². The van der Waals surface area contributed by atoms with E-state index in [4.69, 9.17) is 0 Å². The highest BCUT2D eigenvalue weighted by Gasteiger charge is 2.46. The second kappa shape index (κ2) is 5.69. The molecule has 3 nitrogen and oxygen atoms in total. The number of amides is 1. The van der Waals surface area contributed by atoms with Crippen LogP contribution >= 0.6 is 11.8 Å². The number of rotatable bonds is 2. The first-order valence-electron chi connectivity index (χ1n) is 6.16. The molecule has 0 spiro atoms. The summed E-state index contributed by atoms with van der Waals surface area (Å²) in [5, 5.41) is 5.55. The van der Waals surface area contributed by atoms with Gasteiger partial charge in [-0.25, -0.2) is 0 Å². The third kappa shape index (κ3) is 3.32. The molecule has 1 amide bonds. The van der Waals surface area contributed by atoms with Crippen molar-refractivity contribution in [3.05, 3.63) is 0 Å². The lowest BCUT2D eigenvalue weighted by Gasteiger charge is -2.34. The topological polar surface area (TPSA) is 41.1 Å². The van der Waals surface area contributed by atoms with E-state index in [0.717, 1.165) is 6.42 Å². The number of carbonyl (C=O) groups is 1. The zero-order valence-electron chi connectivity index (χ0n) is 9.93. The Morgan fingerprint density at radius 2 is 2.00 bits per heavy atom. The predicted octanol–water partition coefficient (Wildman–Crippen LogP) is 1.89. The molecular weight excluding hydrogens is 265 g/mol. The quantitative estimate of drug-likeness (QED) is 0.812. The number of alkyl halides is 3. The maximum absolute atomic E-state index is 12.8. The van der Waals surface area contributed by atoms with Crippen molar-refractivity contribution in [1.29, 1.82) is 0 Å². The van der Waals surface area contributed by atoms with Crippen LogP contribution in [0.2, 0.25) is 0 Å². The maximum atomic E-state index is 12.8. The highest BCUT2D eigenvalue weighted by atomic mass is 32.2. The van der Waals surface area contributed by atoms with Crippen LogP contribution in [0.4, 0.5) is 13.2 Å². The Balaban J connectivity index is 1.94. The Morgan fingerprint density at radius 3 is 2.61 bits per heavy atom. The molecule has 1 saturated carbocycles. The molecule has 1 saturated heterocycles. The van der Waals surface area contributed by atoms with Gasteiger partial charge in [-0.3, -0.25) is 10.1 Å². The molecule has 18 heavy (non-hydrogen) atoms. The summed E-state index contributed by atoms with van der Waals surface area (Å²) in [6.45, 7) is 0. The van der Waals surface area contributed by atoms with Gasteiger partial charge in [-0.15, -0.1) is 11.8 Å². The molecule has 2 N–H and O–H groups in total. The van der Waals surface area contributed by atoms with E-state index in [1.165, 1.54) is 0 Å². The number of nitrogens with one attached hydrogen (secondary N) is 2. The second-order valence-corrected chi connectivity index (χ2v) is 5.85. The molecule has 104 valence electrons. The van der Waals surface area contributed by atoms with Crippen LogP contribution in [0.25, 0.3) is 0 Å². The minimum atomic E-state index is -4.21. The van der Waals surface area contributed by atoms with Crippen molar-refractivity contribution in [3.8, 4) is 0 Å². The van der Waals surface area contributed by atoms with Gasteiger partial charge < -0.3 is 5.32 Å². The largest absolute Gasteiger partial charge is 0.393 e. The molecule has 1 heterocycles. The number of hydrogen-bond acceptors (Lipinski definition) is 3. The van der Waals surface area contributed by atoms with Crippen LogP contribution in [-0.2, 0) is 4.79 Å². The minimum absolute atomic E-state index is 0.126. The van der Waals surface area contributed by atoms with Gasteiger partial charge >= 0.3 is 6.18 Å². The highest BCUT2D eigenvalue weighted by Crippen LogP contribution is 2.37. The van der Waals surface area contributed by atoms with Crippen LogP contribution < -0.4 is 10.6 Å². The van der Waals surface area contributed by atoms with Gasteiger partial charge in [-0.2, -0.15) is 13.2 Å². The number of hydrogen-bond donors (Lipinski definition) is 2. The summed E-state index contributed by atoms with van der Waals surface area (Å²) in [5.41, 5.74) is 0. The second-order valence-electron chi connectivity index (χ2n) is 4.82. The van der Waals surface area contributed by atoms with Crippen LogP contribution in [0, 0.1) is 5.92 Å².